The molecular formula is C12H20N2O4S. The first-order chi connectivity index (χ1) is 9.15. The molecule has 0 aromatic rings. The molecule has 2 aliphatic heterocycles. The zero-order valence-corrected chi connectivity index (χ0v) is 11.6. The van der Waals surface area contributed by atoms with E-state index in [1.807, 2.05) is 0 Å². The summed E-state index contributed by atoms with van der Waals surface area (Å²) in [6.45, 7) is 1.03. The van der Waals surface area contributed by atoms with E-state index in [1.165, 1.54) is 4.90 Å². The zero-order chi connectivity index (χ0) is 13.8. The van der Waals surface area contributed by atoms with E-state index in [-0.39, 0.29) is 18.7 Å². The van der Waals surface area contributed by atoms with E-state index in [0.717, 1.165) is 25.0 Å². The van der Waals surface area contributed by atoms with Gasteiger partial charge in [-0.25, -0.2) is 9.59 Å². The number of rotatable bonds is 2. The molecule has 2 amide bonds. The van der Waals surface area contributed by atoms with Crippen molar-refractivity contribution in [3.05, 3.63) is 0 Å². The maximum Gasteiger partial charge on any atom is 0.327 e. The highest BCUT2D eigenvalue weighted by molar-refractivity contribution is 7.99. The molecule has 2 atom stereocenters. The van der Waals surface area contributed by atoms with Crippen LogP contribution in [0.5, 0.6) is 0 Å². The fourth-order valence-electron chi connectivity index (χ4n) is 2.64. The SMILES string of the molecule is O=C(O)C1CSCCN1C(=O)N1CCCCC1CO. The Morgan fingerprint density at radius 2 is 2.00 bits per heavy atom. The number of aliphatic hydroxyl groups excluding tert-OH is 1. The predicted octanol–water partition coefficient (Wildman–Crippen LogP) is 0.455. The van der Waals surface area contributed by atoms with Crippen LogP contribution in [0.4, 0.5) is 4.79 Å². The number of amides is 2. The van der Waals surface area contributed by atoms with Gasteiger partial charge in [0.2, 0.25) is 0 Å². The normalized spacial score (nSPS) is 28.3. The summed E-state index contributed by atoms with van der Waals surface area (Å²) in [4.78, 5) is 26.8. The van der Waals surface area contributed by atoms with Crippen LogP contribution in [-0.4, -0.2) is 75.3 Å². The number of urea groups is 1. The smallest absolute Gasteiger partial charge is 0.327 e. The first-order valence-corrected chi connectivity index (χ1v) is 7.79. The topological polar surface area (TPSA) is 81.1 Å². The number of carboxylic acids is 1. The van der Waals surface area contributed by atoms with E-state index in [9.17, 15) is 19.8 Å². The van der Waals surface area contributed by atoms with Gasteiger partial charge in [0, 0.05) is 24.6 Å². The summed E-state index contributed by atoms with van der Waals surface area (Å²) in [5.41, 5.74) is 0. The second kappa shape index (κ2) is 6.47. The second-order valence-electron chi connectivity index (χ2n) is 4.93. The van der Waals surface area contributed by atoms with Crippen LogP contribution in [0.25, 0.3) is 0 Å². The van der Waals surface area contributed by atoms with Gasteiger partial charge >= 0.3 is 12.0 Å². The molecule has 108 valence electrons. The predicted molar refractivity (Wildman–Crippen MR) is 72.3 cm³/mol. The number of aliphatic hydroxyl groups is 1. The van der Waals surface area contributed by atoms with Crippen molar-refractivity contribution in [3.63, 3.8) is 0 Å². The lowest BCUT2D eigenvalue weighted by molar-refractivity contribution is -0.141. The minimum atomic E-state index is -0.946. The fourth-order valence-corrected chi connectivity index (χ4v) is 3.68. The van der Waals surface area contributed by atoms with E-state index in [0.29, 0.717) is 18.8 Å². The Balaban J connectivity index is 2.09. The summed E-state index contributed by atoms with van der Waals surface area (Å²) in [6.07, 6.45) is 2.72. The van der Waals surface area contributed by atoms with Crippen molar-refractivity contribution >= 4 is 23.8 Å². The Morgan fingerprint density at radius 1 is 1.21 bits per heavy atom. The highest BCUT2D eigenvalue weighted by atomic mass is 32.2. The Hall–Kier alpha value is -0.950. The summed E-state index contributed by atoms with van der Waals surface area (Å²) in [5, 5.41) is 18.6. The van der Waals surface area contributed by atoms with Crippen molar-refractivity contribution in [3.8, 4) is 0 Å². The number of thioether (sulfide) groups is 1. The van der Waals surface area contributed by atoms with Crippen molar-refractivity contribution in [2.75, 3.05) is 31.2 Å². The summed E-state index contributed by atoms with van der Waals surface area (Å²) < 4.78 is 0. The van der Waals surface area contributed by atoms with E-state index in [1.54, 1.807) is 16.7 Å². The van der Waals surface area contributed by atoms with Crippen molar-refractivity contribution in [2.45, 2.75) is 31.3 Å². The summed E-state index contributed by atoms with van der Waals surface area (Å²) in [6, 6.07) is -1.13. The molecule has 0 bridgehead atoms. The molecule has 0 saturated carbocycles. The lowest BCUT2D eigenvalue weighted by atomic mass is 10.0. The third kappa shape index (κ3) is 3.14. The summed E-state index contributed by atoms with van der Waals surface area (Å²) in [7, 11) is 0. The van der Waals surface area contributed by atoms with Gasteiger partial charge in [-0.1, -0.05) is 0 Å². The van der Waals surface area contributed by atoms with Gasteiger partial charge in [-0.05, 0) is 19.3 Å². The zero-order valence-electron chi connectivity index (χ0n) is 10.8. The molecule has 0 aromatic carbocycles. The number of carbonyl (C=O) groups excluding carboxylic acids is 1. The number of aliphatic carboxylic acids is 1. The number of hydrogen-bond donors (Lipinski definition) is 2. The van der Waals surface area contributed by atoms with Gasteiger partial charge in [0.05, 0.1) is 12.6 Å². The molecule has 2 fully saturated rings. The van der Waals surface area contributed by atoms with Crippen LogP contribution in [-0.2, 0) is 4.79 Å². The second-order valence-corrected chi connectivity index (χ2v) is 6.08. The Bertz CT molecular complexity index is 353. The van der Waals surface area contributed by atoms with E-state index in [2.05, 4.69) is 0 Å². The van der Waals surface area contributed by atoms with E-state index in [4.69, 9.17) is 0 Å². The number of carboxylic acid groups (broad SMARTS) is 1. The van der Waals surface area contributed by atoms with Crippen molar-refractivity contribution < 1.29 is 19.8 Å². The standard InChI is InChI=1S/C12H20N2O4S/c15-7-9-3-1-2-4-13(9)12(18)14-5-6-19-8-10(14)11(16)17/h9-10,15H,1-8H2,(H,16,17). The van der Waals surface area contributed by atoms with Gasteiger partial charge in [0.1, 0.15) is 6.04 Å². The highest BCUT2D eigenvalue weighted by Gasteiger charge is 2.37. The molecule has 2 rings (SSSR count). The monoisotopic (exact) mass is 288 g/mol. The van der Waals surface area contributed by atoms with Crippen LogP contribution in [0.15, 0.2) is 0 Å². The third-order valence-corrected chi connectivity index (χ3v) is 4.77. The largest absolute Gasteiger partial charge is 0.480 e. The lowest BCUT2D eigenvalue weighted by Gasteiger charge is -2.41. The Morgan fingerprint density at radius 3 is 2.68 bits per heavy atom. The van der Waals surface area contributed by atoms with Crippen molar-refractivity contribution in [2.24, 2.45) is 0 Å². The highest BCUT2D eigenvalue weighted by Crippen LogP contribution is 2.23. The molecule has 2 unspecified atom stereocenters. The first kappa shape index (κ1) is 14.5. The molecule has 2 aliphatic rings. The Labute approximate surface area is 116 Å². The minimum absolute atomic E-state index is 0.0495. The van der Waals surface area contributed by atoms with Crippen LogP contribution in [0, 0.1) is 0 Å². The van der Waals surface area contributed by atoms with Crippen LogP contribution in [0.1, 0.15) is 19.3 Å². The molecule has 0 spiro atoms. The molecular weight excluding hydrogens is 268 g/mol. The van der Waals surface area contributed by atoms with Crippen LogP contribution in [0.3, 0.4) is 0 Å². The number of nitrogens with zero attached hydrogens (tertiary/aromatic N) is 2. The maximum atomic E-state index is 12.5. The molecule has 2 saturated heterocycles. The van der Waals surface area contributed by atoms with Crippen molar-refractivity contribution in [1.29, 1.82) is 0 Å². The van der Waals surface area contributed by atoms with Gasteiger partial charge in [0.15, 0.2) is 0 Å². The number of likely N-dealkylation sites (tertiary alicyclic amines) is 1. The van der Waals surface area contributed by atoms with Crippen molar-refractivity contribution in [1.82, 2.24) is 9.80 Å². The van der Waals surface area contributed by atoms with Crippen LogP contribution < -0.4 is 0 Å². The average molecular weight is 288 g/mol. The molecule has 2 heterocycles. The summed E-state index contributed by atoms with van der Waals surface area (Å²) >= 11 is 1.56. The van der Waals surface area contributed by atoms with Crippen LogP contribution in [0.2, 0.25) is 0 Å². The third-order valence-electron chi connectivity index (χ3n) is 3.74. The fraction of sp³-hybridized carbons (Fsp3) is 0.833. The minimum Gasteiger partial charge on any atom is -0.480 e. The molecule has 6 nitrogen and oxygen atoms in total. The molecule has 19 heavy (non-hydrogen) atoms. The average Bonchev–Trinajstić information content (AvgIpc) is 2.46. The van der Waals surface area contributed by atoms with Gasteiger partial charge < -0.3 is 20.0 Å². The summed E-state index contributed by atoms with van der Waals surface area (Å²) in [5.74, 6) is 0.268. The van der Waals surface area contributed by atoms with Gasteiger partial charge in [-0.15, -0.1) is 0 Å². The van der Waals surface area contributed by atoms with Gasteiger partial charge in [-0.3, -0.25) is 0 Å². The molecule has 0 radical (unpaired) electrons. The molecule has 2 N–H and O–H groups in total. The van der Waals surface area contributed by atoms with Gasteiger partial charge in [-0.2, -0.15) is 11.8 Å². The number of piperidine rings is 1. The van der Waals surface area contributed by atoms with E-state index >= 15 is 0 Å². The molecule has 0 aliphatic carbocycles. The number of hydrogen-bond acceptors (Lipinski definition) is 4. The molecule has 0 aromatic heterocycles. The lowest BCUT2D eigenvalue weighted by Crippen LogP contribution is -2.58. The Kier molecular flexibility index (Phi) is 4.93. The molecule has 7 heteroatoms. The van der Waals surface area contributed by atoms with Crippen LogP contribution >= 0.6 is 11.8 Å². The first-order valence-electron chi connectivity index (χ1n) is 6.63. The van der Waals surface area contributed by atoms with E-state index < -0.39 is 12.0 Å². The number of carbonyl (C=O) groups is 2. The van der Waals surface area contributed by atoms with Gasteiger partial charge in [0.25, 0.3) is 0 Å². The maximum absolute atomic E-state index is 12.5. The quantitative estimate of drug-likeness (QED) is 0.771.